The molecule has 2 aromatic rings. The molecule has 0 radical (unpaired) electrons. The first-order valence-corrected chi connectivity index (χ1v) is 5.51. The van der Waals surface area contributed by atoms with Crippen LogP contribution < -0.4 is 5.73 Å². The van der Waals surface area contributed by atoms with Gasteiger partial charge in [-0.3, -0.25) is 4.79 Å². The number of aromatic nitrogens is 3. The van der Waals surface area contributed by atoms with E-state index in [9.17, 15) is 9.59 Å². The molecule has 1 aromatic carbocycles. The summed E-state index contributed by atoms with van der Waals surface area (Å²) >= 11 is 0. The molecule has 98 valence electrons. The van der Waals surface area contributed by atoms with Crippen molar-refractivity contribution in [3.8, 4) is 11.3 Å². The number of amides is 1. The van der Waals surface area contributed by atoms with Crippen molar-refractivity contribution >= 4 is 11.9 Å². The quantitative estimate of drug-likeness (QED) is 0.828. The van der Waals surface area contributed by atoms with Crippen LogP contribution in [0.2, 0.25) is 0 Å². The second-order valence-corrected chi connectivity index (χ2v) is 4.09. The molecule has 0 fully saturated rings. The van der Waals surface area contributed by atoms with Gasteiger partial charge in [0.05, 0.1) is 0 Å². The van der Waals surface area contributed by atoms with Gasteiger partial charge >= 0.3 is 5.97 Å². The topological polar surface area (TPSA) is 111 Å². The molecule has 0 saturated carbocycles. The van der Waals surface area contributed by atoms with Crippen molar-refractivity contribution in [1.82, 2.24) is 15.0 Å². The Labute approximate surface area is 108 Å². The molecule has 0 aliphatic carbocycles. The van der Waals surface area contributed by atoms with Gasteiger partial charge in [0.1, 0.15) is 12.2 Å². The Kier molecular flexibility index (Phi) is 3.28. The lowest BCUT2D eigenvalue weighted by molar-refractivity contribution is -0.118. The third-order valence-electron chi connectivity index (χ3n) is 2.53. The van der Waals surface area contributed by atoms with Crippen molar-refractivity contribution in [2.75, 3.05) is 0 Å². The minimum absolute atomic E-state index is 0.202. The van der Waals surface area contributed by atoms with Gasteiger partial charge < -0.3 is 10.8 Å². The minimum Gasteiger partial charge on any atom is -0.476 e. The maximum absolute atomic E-state index is 11.1. The van der Waals surface area contributed by atoms with Gasteiger partial charge in [0.25, 0.3) is 0 Å². The molecule has 1 heterocycles. The number of aryl methyl sites for hydroxylation is 1. The van der Waals surface area contributed by atoms with Crippen LogP contribution in [0.5, 0.6) is 0 Å². The third kappa shape index (κ3) is 2.59. The van der Waals surface area contributed by atoms with Gasteiger partial charge in [0.15, 0.2) is 5.69 Å². The second kappa shape index (κ2) is 4.89. The normalized spacial score (nSPS) is 10.4. The highest BCUT2D eigenvalue weighted by atomic mass is 16.4. The van der Waals surface area contributed by atoms with Crippen LogP contribution in [-0.4, -0.2) is 32.0 Å². The predicted molar refractivity (Wildman–Crippen MR) is 66.3 cm³/mol. The van der Waals surface area contributed by atoms with E-state index in [2.05, 4.69) is 10.3 Å². The van der Waals surface area contributed by atoms with Gasteiger partial charge in [-0.15, -0.1) is 5.10 Å². The molecule has 7 nitrogen and oxygen atoms in total. The fourth-order valence-electron chi connectivity index (χ4n) is 1.79. The van der Waals surface area contributed by atoms with Crippen LogP contribution in [0.15, 0.2) is 24.3 Å². The molecule has 0 atom stereocenters. The van der Waals surface area contributed by atoms with E-state index in [0.717, 1.165) is 5.56 Å². The van der Waals surface area contributed by atoms with Crippen LogP contribution in [-0.2, 0) is 11.3 Å². The van der Waals surface area contributed by atoms with Crippen LogP contribution in [0.1, 0.15) is 16.1 Å². The van der Waals surface area contributed by atoms with Crippen LogP contribution in [0.25, 0.3) is 11.3 Å². The van der Waals surface area contributed by atoms with Crippen molar-refractivity contribution in [1.29, 1.82) is 0 Å². The lowest BCUT2D eigenvalue weighted by Gasteiger charge is -2.06. The maximum atomic E-state index is 11.1. The van der Waals surface area contributed by atoms with E-state index < -0.39 is 11.9 Å². The van der Waals surface area contributed by atoms with Crippen molar-refractivity contribution < 1.29 is 14.7 Å². The second-order valence-electron chi connectivity index (χ2n) is 4.09. The molecule has 1 aromatic heterocycles. The molecule has 7 heteroatoms. The summed E-state index contributed by atoms with van der Waals surface area (Å²) in [5.41, 5.74) is 6.77. The molecule has 19 heavy (non-hydrogen) atoms. The Hall–Kier alpha value is -2.70. The highest BCUT2D eigenvalue weighted by Crippen LogP contribution is 2.23. The molecule has 0 unspecified atom stereocenters. The number of carbonyl (C=O) groups excluding carboxylic acids is 1. The predicted octanol–water partition coefficient (Wildman–Crippen LogP) is 0.437. The first-order valence-electron chi connectivity index (χ1n) is 5.51. The highest BCUT2D eigenvalue weighted by molar-refractivity contribution is 5.93. The van der Waals surface area contributed by atoms with Crippen molar-refractivity contribution in [3.63, 3.8) is 0 Å². The van der Waals surface area contributed by atoms with E-state index in [1.807, 2.05) is 13.0 Å². The van der Waals surface area contributed by atoms with Gasteiger partial charge in [0, 0.05) is 5.56 Å². The summed E-state index contributed by atoms with van der Waals surface area (Å²) in [5, 5.41) is 16.4. The molecule has 0 saturated heterocycles. The van der Waals surface area contributed by atoms with Gasteiger partial charge in [0.2, 0.25) is 5.91 Å². The summed E-state index contributed by atoms with van der Waals surface area (Å²) in [7, 11) is 0. The van der Waals surface area contributed by atoms with E-state index >= 15 is 0 Å². The van der Waals surface area contributed by atoms with Crippen LogP contribution in [0, 0.1) is 6.92 Å². The van der Waals surface area contributed by atoms with E-state index in [-0.39, 0.29) is 17.9 Å². The molecule has 0 aliphatic rings. The number of hydrogen-bond acceptors (Lipinski definition) is 4. The van der Waals surface area contributed by atoms with Crippen molar-refractivity contribution in [2.45, 2.75) is 13.5 Å². The number of primary amides is 1. The number of rotatable bonds is 4. The number of hydrogen-bond donors (Lipinski definition) is 2. The van der Waals surface area contributed by atoms with Gasteiger partial charge in [-0.05, 0) is 13.0 Å². The summed E-state index contributed by atoms with van der Waals surface area (Å²) in [6.07, 6.45) is 0. The van der Waals surface area contributed by atoms with E-state index in [1.54, 1.807) is 18.2 Å². The zero-order valence-electron chi connectivity index (χ0n) is 10.2. The number of carboxylic acid groups (broad SMARTS) is 1. The molecular weight excluding hydrogens is 248 g/mol. The molecular formula is C12H12N4O3. The summed E-state index contributed by atoms with van der Waals surface area (Å²) in [6, 6.07) is 7.20. The summed E-state index contributed by atoms with van der Waals surface area (Å²) in [5.74, 6) is -1.82. The number of nitrogens with zero attached hydrogens (tertiary/aromatic N) is 3. The molecule has 2 rings (SSSR count). The maximum Gasteiger partial charge on any atom is 0.358 e. The SMILES string of the molecule is Cc1cccc(-c2c(C(=O)O)nnn2CC(N)=O)c1. The Balaban J connectivity index is 2.61. The molecule has 0 aliphatic heterocycles. The van der Waals surface area contributed by atoms with Crippen molar-refractivity contribution in [3.05, 3.63) is 35.5 Å². The summed E-state index contributed by atoms with van der Waals surface area (Å²) < 4.78 is 1.19. The summed E-state index contributed by atoms with van der Waals surface area (Å²) in [4.78, 5) is 22.1. The molecule has 0 spiro atoms. The highest BCUT2D eigenvalue weighted by Gasteiger charge is 2.21. The van der Waals surface area contributed by atoms with Crippen LogP contribution in [0.3, 0.4) is 0 Å². The molecule has 3 N–H and O–H groups in total. The van der Waals surface area contributed by atoms with E-state index in [0.29, 0.717) is 5.56 Å². The van der Waals surface area contributed by atoms with Crippen molar-refractivity contribution in [2.24, 2.45) is 5.73 Å². The largest absolute Gasteiger partial charge is 0.476 e. The first-order chi connectivity index (χ1) is 8.99. The average molecular weight is 260 g/mol. The monoisotopic (exact) mass is 260 g/mol. The lowest BCUT2D eigenvalue weighted by atomic mass is 10.1. The fraction of sp³-hybridized carbons (Fsp3) is 0.167. The number of carbonyl (C=O) groups is 2. The summed E-state index contributed by atoms with van der Waals surface area (Å²) in [6.45, 7) is 1.66. The fourth-order valence-corrected chi connectivity index (χ4v) is 1.79. The lowest BCUT2D eigenvalue weighted by Crippen LogP contribution is -2.20. The standard InChI is InChI=1S/C12H12N4O3/c1-7-3-2-4-8(5-7)11-10(12(18)19)14-15-16(11)6-9(13)17/h2-5H,6H2,1H3,(H2,13,17)(H,18,19). The molecule has 1 amide bonds. The zero-order valence-corrected chi connectivity index (χ0v) is 10.2. The van der Waals surface area contributed by atoms with Crippen LogP contribution in [0.4, 0.5) is 0 Å². The smallest absolute Gasteiger partial charge is 0.358 e. The Bertz CT molecular complexity index is 648. The zero-order chi connectivity index (χ0) is 14.0. The third-order valence-corrected chi connectivity index (χ3v) is 2.53. The number of carboxylic acids is 1. The molecule has 0 bridgehead atoms. The Morgan fingerprint density at radius 2 is 2.16 bits per heavy atom. The number of aromatic carboxylic acids is 1. The Morgan fingerprint density at radius 3 is 2.74 bits per heavy atom. The first kappa shape index (κ1) is 12.7. The van der Waals surface area contributed by atoms with Gasteiger partial charge in [-0.25, -0.2) is 9.48 Å². The Morgan fingerprint density at radius 1 is 1.42 bits per heavy atom. The number of benzene rings is 1. The van der Waals surface area contributed by atoms with E-state index in [1.165, 1.54) is 4.68 Å². The van der Waals surface area contributed by atoms with Gasteiger partial charge in [-0.1, -0.05) is 29.0 Å². The van der Waals surface area contributed by atoms with Gasteiger partial charge in [-0.2, -0.15) is 0 Å². The minimum atomic E-state index is -1.20. The van der Waals surface area contributed by atoms with E-state index in [4.69, 9.17) is 10.8 Å². The van der Waals surface area contributed by atoms with Crippen LogP contribution >= 0.6 is 0 Å². The average Bonchev–Trinajstić information content (AvgIpc) is 2.71. The number of nitrogens with two attached hydrogens (primary N) is 1.